The Hall–Kier alpha value is -1.04. The molecule has 0 aliphatic heterocycles. The van der Waals surface area contributed by atoms with Crippen molar-refractivity contribution in [2.75, 3.05) is 0 Å². The fraction of sp³-hybridized carbons (Fsp3) is 0.704. The van der Waals surface area contributed by atoms with Crippen molar-refractivity contribution in [3.8, 4) is 0 Å². The highest BCUT2D eigenvalue weighted by molar-refractivity contribution is 5.65. The number of allylic oxidation sites excluding steroid dienone is 2. The third kappa shape index (κ3) is 13.7. The van der Waals surface area contributed by atoms with E-state index in [-0.39, 0.29) is 0 Å². The van der Waals surface area contributed by atoms with Gasteiger partial charge < -0.3 is 0 Å². The molecule has 0 heterocycles. The van der Waals surface area contributed by atoms with Gasteiger partial charge in [-0.15, -0.1) is 0 Å². The van der Waals surface area contributed by atoms with Crippen LogP contribution in [0.3, 0.4) is 0 Å². The molecule has 0 radical (unpaired) electrons. The van der Waals surface area contributed by atoms with Crippen LogP contribution in [0.1, 0.15) is 129 Å². The summed E-state index contributed by atoms with van der Waals surface area (Å²) in [5.41, 5.74) is 3.04. The van der Waals surface area contributed by atoms with E-state index in [0.29, 0.717) is 0 Å². The summed E-state index contributed by atoms with van der Waals surface area (Å²) in [6, 6.07) is 11.1. The van der Waals surface area contributed by atoms with E-state index in [9.17, 15) is 0 Å². The summed E-state index contributed by atoms with van der Waals surface area (Å²) >= 11 is 0. The maximum Gasteiger partial charge on any atom is -0.0228 e. The van der Waals surface area contributed by atoms with Gasteiger partial charge in [-0.3, -0.25) is 0 Å². The lowest BCUT2D eigenvalue weighted by atomic mass is 9.97. The van der Waals surface area contributed by atoms with Crippen LogP contribution in [-0.4, -0.2) is 0 Å². The van der Waals surface area contributed by atoms with Crippen LogP contribution in [0, 0.1) is 0 Å². The third-order valence-electron chi connectivity index (χ3n) is 5.64. The van der Waals surface area contributed by atoms with Gasteiger partial charge in [0.1, 0.15) is 0 Å². The largest absolute Gasteiger partial charge is 0.0807 e. The van der Waals surface area contributed by atoms with Crippen molar-refractivity contribution in [2.24, 2.45) is 0 Å². The van der Waals surface area contributed by atoms with Crippen molar-refractivity contribution in [3.63, 3.8) is 0 Å². The van der Waals surface area contributed by atoms with E-state index in [1.165, 1.54) is 115 Å². The average Bonchev–Trinajstić information content (AvgIpc) is 2.71. The van der Waals surface area contributed by atoms with Crippen molar-refractivity contribution < 1.29 is 0 Å². The Kier molecular flexibility index (Phi) is 16.3. The molecule has 0 aliphatic rings. The van der Waals surface area contributed by atoms with Crippen LogP contribution in [0.15, 0.2) is 36.4 Å². The maximum absolute atomic E-state index is 2.54. The van der Waals surface area contributed by atoms with Gasteiger partial charge in [0.25, 0.3) is 0 Å². The fourth-order valence-corrected chi connectivity index (χ4v) is 3.84. The molecule has 1 rings (SSSR count). The molecular weight excluding hydrogens is 324 g/mol. The number of unbranched alkanes of at least 4 members (excludes halogenated alkanes) is 14. The van der Waals surface area contributed by atoms with Crippen molar-refractivity contribution in [1.29, 1.82) is 0 Å². The fourth-order valence-electron chi connectivity index (χ4n) is 3.84. The van der Waals surface area contributed by atoms with Gasteiger partial charge in [-0.25, -0.2) is 0 Å². The van der Waals surface area contributed by atoms with E-state index < -0.39 is 0 Å². The van der Waals surface area contributed by atoms with Crippen LogP contribution in [0.4, 0.5) is 0 Å². The Balaban J connectivity index is 2.26. The summed E-state index contributed by atoms with van der Waals surface area (Å²) in [6.07, 6.45) is 26.1. The molecule has 0 saturated carbocycles. The van der Waals surface area contributed by atoms with Gasteiger partial charge >= 0.3 is 0 Å². The standard InChI is InChI=1S/C27H46/c1-3-5-7-9-11-13-15-18-22-26(27-24-20-17-21-25-27)23-19-16-14-12-10-8-6-4-2/h17,20-22,24-25H,3-16,18-19,23H2,1-2H3. The Labute approximate surface area is 170 Å². The molecule has 0 saturated heterocycles. The summed E-state index contributed by atoms with van der Waals surface area (Å²) in [4.78, 5) is 0. The van der Waals surface area contributed by atoms with Crippen LogP contribution < -0.4 is 0 Å². The predicted octanol–water partition coefficient (Wildman–Crippen LogP) is 9.74. The number of rotatable bonds is 18. The molecule has 0 fully saturated rings. The first kappa shape index (κ1) is 24.0. The minimum Gasteiger partial charge on any atom is -0.0807 e. The zero-order chi connectivity index (χ0) is 19.4. The van der Waals surface area contributed by atoms with E-state index in [2.05, 4.69) is 50.3 Å². The first-order valence-electron chi connectivity index (χ1n) is 12.1. The second kappa shape index (κ2) is 18.3. The van der Waals surface area contributed by atoms with Crippen LogP contribution >= 0.6 is 0 Å². The smallest absolute Gasteiger partial charge is 0.0228 e. The molecule has 0 bridgehead atoms. The van der Waals surface area contributed by atoms with Gasteiger partial charge in [0.2, 0.25) is 0 Å². The van der Waals surface area contributed by atoms with E-state index in [1.54, 1.807) is 5.57 Å². The summed E-state index contributed by atoms with van der Waals surface area (Å²) in [7, 11) is 0. The lowest BCUT2D eigenvalue weighted by Gasteiger charge is -2.09. The van der Waals surface area contributed by atoms with Crippen LogP contribution in [0.5, 0.6) is 0 Å². The summed E-state index contributed by atoms with van der Waals surface area (Å²) < 4.78 is 0. The van der Waals surface area contributed by atoms with Gasteiger partial charge in [-0.1, -0.05) is 134 Å². The van der Waals surface area contributed by atoms with Crippen molar-refractivity contribution in [2.45, 2.75) is 123 Å². The zero-order valence-corrected chi connectivity index (χ0v) is 18.5. The molecular formula is C27H46. The monoisotopic (exact) mass is 370 g/mol. The highest BCUT2D eigenvalue weighted by Crippen LogP contribution is 2.23. The second-order valence-electron chi connectivity index (χ2n) is 8.23. The molecule has 154 valence electrons. The van der Waals surface area contributed by atoms with Gasteiger partial charge in [0, 0.05) is 0 Å². The van der Waals surface area contributed by atoms with Crippen LogP contribution in [0.2, 0.25) is 0 Å². The predicted molar refractivity (Wildman–Crippen MR) is 124 cm³/mol. The Morgan fingerprint density at radius 1 is 0.593 bits per heavy atom. The SMILES string of the molecule is CCCCCCCCCC=C(CCCCCCCCCC)c1ccccc1. The van der Waals surface area contributed by atoms with Gasteiger partial charge in [0.15, 0.2) is 0 Å². The Morgan fingerprint density at radius 2 is 1.07 bits per heavy atom. The van der Waals surface area contributed by atoms with Crippen molar-refractivity contribution in [3.05, 3.63) is 42.0 Å². The third-order valence-corrected chi connectivity index (χ3v) is 5.64. The number of hydrogen-bond acceptors (Lipinski definition) is 0. The average molecular weight is 371 g/mol. The molecule has 0 nitrogen and oxygen atoms in total. The van der Waals surface area contributed by atoms with E-state index in [0.717, 1.165) is 0 Å². The lowest BCUT2D eigenvalue weighted by Crippen LogP contribution is -1.88. The molecule has 27 heavy (non-hydrogen) atoms. The Bertz CT molecular complexity index is 442. The quantitative estimate of drug-likeness (QED) is 0.225. The molecule has 0 atom stereocenters. The molecule has 0 N–H and O–H groups in total. The highest BCUT2D eigenvalue weighted by atomic mass is 14.1. The molecule has 0 aliphatic carbocycles. The molecule has 0 amide bonds. The molecule has 0 unspecified atom stereocenters. The van der Waals surface area contributed by atoms with Crippen molar-refractivity contribution in [1.82, 2.24) is 0 Å². The van der Waals surface area contributed by atoms with E-state index >= 15 is 0 Å². The van der Waals surface area contributed by atoms with Gasteiger partial charge in [0.05, 0.1) is 0 Å². The molecule has 0 heteroatoms. The lowest BCUT2D eigenvalue weighted by molar-refractivity contribution is 0.578. The van der Waals surface area contributed by atoms with E-state index in [4.69, 9.17) is 0 Å². The zero-order valence-electron chi connectivity index (χ0n) is 18.5. The summed E-state index contributed by atoms with van der Waals surface area (Å²) in [5, 5.41) is 0. The summed E-state index contributed by atoms with van der Waals surface area (Å²) in [6.45, 7) is 4.59. The molecule has 1 aromatic rings. The normalized spacial score (nSPS) is 11.9. The number of benzene rings is 1. The van der Waals surface area contributed by atoms with Crippen molar-refractivity contribution >= 4 is 5.57 Å². The highest BCUT2D eigenvalue weighted by Gasteiger charge is 2.02. The minimum atomic E-state index is 1.26. The first-order valence-corrected chi connectivity index (χ1v) is 12.1. The molecule has 0 aromatic heterocycles. The second-order valence-corrected chi connectivity index (χ2v) is 8.23. The molecule has 1 aromatic carbocycles. The van der Waals surface area contributed by atoms with Gasteiger partial charge in [-0.05, 0) is 36.8 Å². The van der Waals surface area contributed by atoms with Crippen LogP contribution in [-0.2, 0) is 0 Å². The maximum atomic E-state index is 2.54. The van der Waals surface area contributed by atoms with Gasteiger partial charge in [-0.2, -0.15) is 0 Å². The Morgan fingerprint density at radius 3 is 1.63 bits per heavy atom. The van der Waals surface area contributed by atoms with E-state index in [1.807, 2.05) is 0 Å². The topological polar surface area (TPSA) is 0 Å². The minimum absolute atomic E-state index is 1.26. The number of hydrogen-bond donors (Lipinski definition) is 0. The molecule has 0 spiro atoms. The van der Waals surface area contributed by atoms with Crippen LogP contribution in [0.25, 0.3) is 5.57 Å². The first-order chi connectivity index (χ1) is 13.4. The summed E-state index contributed by atoms with van der Waals surface area (Å²) in [5.74, 6) is 0.